The number of aromatic nitrogens is 4. The fourth-order valence-electron chi connectivity index (χ4n) is 6.59. The lowest BCUT2D eigenvalue weighted by atomic mass is 9.48. The number of aryl methyl sites for hydroxylation is 2. The van der Waals surface area contributed by atoms with Crippen molar-refractivity contribution in [3.63, 3.8) is 0 Å². The molecule has 0 unspecified atom stereocenters. The van der Waals surface area contributed by atoms with E-state index in [-0.39, 0.29) is 24.7 Å². The molecule has 2 atom stereocenters. The molecule has 4 saturated carbocycles. The average Bonchev–Trinajstić information content (AvgIpc) is 3.05. The summed E-state index contributed by atoms with van der Waals surface area (Å²) in [6.45, 7) is 0.315. The van der Waals surface area contributed by atoms with Crippen molar-refractivity contribution in [2.24, 2.45) is 31.3 Å². The van der Waals surface area contributed by atoms with Crippen LogP contribution >= 0.6 is 0 Å². The summed E-state index contributed by atoms with van der Waals surface area (Å²) in [7, 11) is 3.30. The smallest absolute Gasteiger partial charge is 0.332 e. The lowest BCUT2D eigenvalue weighted by molar-refractivity contribution is -0.196. The summed E-state index contributed by atoms with van der Waals surface area (Å²) in [5, 5.41) is 10.8. The van der Waals surface area contributed by atoms with Crippen LogP contribution in [0.2, 0.25) is 0 Å². The topological polar surface area (TPSA) is 108 Å². The van der Waals surface area contributed by atoms with Gasteiger partial charge in [0.25, 0.3) is 5.56 Å². The zero-order valence-corrected chi connectivity index (χ0v) is 17.5. The first-order valence-electron chi connectivity index (χ1n) is 10.7. The fourth-order valence-corrected chi connectivity index (χ4v) is 6.59. The Morgan fingerprint density at radius 1 is 1.23 bits per heavy atom. The number of rotatable bonds is 5. The zero-order chi connectivity index (χ0) is 21.3. The summed E-state index contributed by atoms with van der Waals surface area (Å²) >= 11 is 0. The summed E-state index contributed by atoms with van der Waals surface area (Å²) < 4.78 is 9.74. The predicted molar refractivity (Wildman–Crippen MR) is 108 cm³/mol. The highest BCUT2D eigenvalue weighted by Crippen LogP contribution is 2.61. The van der Waals surface area contributed by atoms with Crippen molar-refractivity contribution in [1.82, 2.24) is 18.7 Å². The SMILES string of the molecule is Cn1cnc2c1c(=O)n(CCCOC(=O)C13C[C@@H]4C[C@H](CC(O)(C4)C1)C3)c(=O)n2C. The number of aliphatic hydroxyl groups is 1. The van der Waals surface area contributed by atoms with Crippen molar-refractivity contribution in [3.8, 4) is 0 Å². The van der Waals surface area contributed by atoms with Crippen LogP contribution in [0.4, 0.5) is 0 Å². The second-order valence-electron chi connectivity index (χ2n) is 9.78. The van der Waals surface area contributed by atoms with E-state index in [1.807, 2.05) is 0 Å². The van der Waals surface area contributed by atoms with Crippen LogP contribution in [0.5, 0.6) is 0 Å². The third-order valence-corrected chi connectivity index (χ3v) is 7.42. The summed E-state index contributed by atoms with van der Waals surface area (Å²) in [6.07, 6.45) is 6.73. The Hall–Kier alpha value is -2.42. The maximum atomic E-state index is 12.9. The molecule has 4 aliphatic rings. The van der Waals surface area contributed by atoms with E-state index in [9.17, 15) is 19.5 Å². The first-order valence-corrected chi connectivity index (χ1v) is 10.7. The molecule has 0 aromatic carbocycles. The van der Waals surface area contributed by atoms with Crippen molar-refractivity contribution < 1.29 is 14.6 Å². The van der Waals surface area contributed by atoms with Crippen molar-refractivity contribution in [3.05, 3.63) is 27.2 Å². The molecule has 2 aromatic heterocycles. The largest absolute Gasteiger partial charge is 0.465 e. The number of carbonyl (C=O) groups excluding carboxylic acids is 1. The van der Waals surface area contributed by atoms with E-state index in [2.05, 4.69) is 4.98 Å². The molecule has 1 N–H and O–H groups in total. The highest BCUT2D eigenvalue weighted by Gasteiger charge is 2.60. The monoisotopic (exact) mass is 416 g/mol. The standard InChI is InChI=1S/C21H28N4O5/c1-23-12-22-16-15(23)17(26)25(19(28)24(16)2)4-3-5-30-18(27)20-7-13-6-14(8-20)10-21(29,9-13)11-20/h12-14,29H,3-11H2,1-2H3/t13-,14-,20?,21?/m0/s1. The summed E-state index contributed by atoms with van der Waals surface area (Å²) in [4.78, 5) is 42.3. The Kier molecular flexibility index (Phi) is 4.26. The Morgan fingerprint density at radius 2 is 1.93 bits per heavy atom. The van der Waals surface area contributed by atoms with Gasteiger partial charge in [-0.05, 0) is 56.8 Å². The molecular formula is C21H28N4O5. The molecule has 30 heavy (non-hydrogen) atoms. The number of hydrogen-bond acceptors (Lipinski definition) is 6. The van der Waals surface area contributed by atoms with Gasteiger partial charge in [0.1, 0.15) is 0 Å². The van der Waals surface area contributed by atoms with Gasteiger partial charge in [0, 0.05) is 20.6 Å². The van der Waals surface area contributed by atoms with Crippen LogP contribution in [0.15, 0.2) is 15.9 Å². The molecular weight excluding hydrogens is 388 g/mol. The highest BCUT2D eigenvalue weighted by molar-refractivity contribution is 5.77. The van der Waals surface area contributed by atoms with Crippen LogP contribution in [0.25, 0.3) is 11.2 Å². The summed E-state index contributed by atoms with van der Waals surface area (Å²) in [5.41, 5.74) is -1.35. The van der Waals surface area contributed by atoms with Crippen LogP contribution < -0.4 is 11.2 Å². The van der Waals surface area contributed by atoms with Crippen LogP contribution in [0.1, 0.15) is 44.9 Å². The van der Waals surface area contributed by atoms with Crippen LogP contribution in [-0.4, -0.2) is 42.0 Å². The van der Waals surface area contributed by atoms with Gasteiger partial charge in [-0.1, -0.05) is 0 Å². The van der Waals surface area contributed by atoms with E-state index < -0.39 is 16.7 Å². The van der Waals surface area contributed by atoms with Crippen LogP contribution in [-0.2, 0) is 30.2 Å². The van der Waals surface area contributed by atoms with E-state index in [1.54, 1.807) is 18.7 Å². The minimum atomic E-state index is -0.707. The van der Waals surface area contributed by atoms with Crippen LogP contribution in [0.3, 0.4) is 0 Å². The van der Waals surface area contributed by atoms with E-state index in [0.29, 0.717) is 35.8 Å². The molecule has 4 fully saturated rings. The van der Waals surface area contributed by atoms with E-state index in [0.717, 1.165) is 32.1 Å². The third-order valence-electron chi connectivity index (χ3n) is 7.42. The van der Waals surface area contributed by atoms with Gasteiger partial charge in [0.15, 0.2) is 11.2 Å². The van der Waals surface area contributed by atoms with Crippen molar-refractivity contribution in [1.29, 1.82) is 0 Å². The zero-order valence-electron chi connectivity index (χ0n) is 17.5. The van der Waals surface area contributed by atoms with Crippen LogP contribution in [0, 0.1) is 17.3 Å². The van der Waals surface area contributed by atoms with E-state index in [4.69, 9.17) is 4.74 Å². The third kappa shape index (κ3) is 2.85. The maximum absolute atomic E-state index is 12.9. The quantitative estimate of drug-likeness (QED) is 0.568. The molecule has 6 rings (SSSR count). The number of ether oxygens (including phenoxy) is 1. The van der Waals surface area contributed by atoms with Gasteiger partial charge in [-0.3, -0.25) is 18.7 Å². The molecule has 4 bridgehead atoms. The first kappa shape index (κ1) is 19.5. The molecule has 0 aliphatic heterocycles. The molecule has 0 saturated heterocycles. The van der Waals surface area contributed by atoms with Gasteiger partial charge in [-0.25, -0.2) is 9.78 Å². The lowest BCUT2D eigenvalue weighted by Gasteiger charge is -2.58. The van der Waals surface area contributed by atoms with E-state index >= 15 is 0 Å². The number of esters is 1. The van der Waals surface area contributed by atoms with Crippen molar-refractivity contribution >= 4 is 17.1 Å². The Labute approximate surface area is 173 Å². The number of fused-ring (bicyclic) bond motifs is 1. The van der Waals surface area contributed by atoms with Crippen molar-refractivity contribution in [2.45, 2.75) is 57.1 Å². The molecule has 0 spiro atoms. The molecule has 9 nitrogen and oxygen atoms in total. The Bertz CT molecular complexity index is 1130. The molecule has 0 radical (unpaired) electrons. The fraction of sp³-hybridized carbons (Fsp3) is 0.714. The molecule has 2 heterocycles. The van der Waals surface area contributed by atoms with E-state index in [1.165, 1.54) is 15.5 Å². The van der Waals surface area contributed by atoms with Gasteiger partial charge in [0.2, 0.25) is 0 Å². The van der Waals surface area contributed by atoms with Crippen molar-refractivity contribution in [2.75, 3.05) is 6.61 Å². The number of hydrogen-bond donors (Lipinski definition) is 1. The first-order chi connectivity index (χ1) is 14.2. The number of imidazole rings is 1. The minimum absolute atomic E-state index is 0.146. The molecule has 9 heteroatoms. The Balaban J connectivity index is 1.26. The average molecular weight is 416 g/mol. The molecule has 2 aromatic rings. The summed E-state index contributed by atoms with van der Waals surface area (Å²) in [5.74, 6) is 0.601. The second-order valence-corrected chi connectivity index (χ2v) is 9.78. The van der Waals surface area contributed by atoms with Gasteiger partial charge in [-0.2, -0.15) is 0 Å². The van der Waals surface area contributed by atoms with Gasteiger partial charge in [0.05, 0.1) is 24.0 Å². The molecule has 162 valence electrons. The predicted octanol–water partition coefficient (Wildman–Crippen LogP) is 0.698. The second kappa shape index (κ2) is 6.54. The molecule has 4 aliphatic carbocycles. The maximum Gasteiger partial charge on any atom is 0.332 e. The molecule has 0 amide bonds. The summed E-state index contributed by atoms with van der Waals surface area (Å²) in [6, 6.07) is 0. The minimum Gasteiger partial charge on any atom is -0.465 e. The van der Waals surface area contributed by atoms with Gasteiger partial charge in [-0.15, -0.1) is 0 Å². The van der Waals surface area contributed by atoms with Gasteiger partial charge >= 0.3 is 11.7 Å². The van der Waals surface area contributed by atoms with Gasteiger partial charge < -0.3 is 14.4 Å². The number of nitrogens with zero attached hydrogens (tertiary/aromatic N) is 4. The Morgan fingerprint density at radius 3 is 2.60 bits per heavy atom. The normalized spacial score (nSPS) is 32.1. The highest BCUT2D eigenvalue weighted by atomic mass is 16.5. The lowest BCUT2D eigenvalue weighted by Crippen LogP contribution is -2.58. The number of carbonyl (C=O) groups is 1.